The third-order valence-electron chi connectivity index (χ3n) is 4.20. The van der Waals surface area contributed by atoms with Gasteiger partial charge >= 0.3 is 0 Å². The van der Waals surface area contributed by atoms with Crippen molar-refractivity contribution in [1.82, 2.24) is 5.32 Å². The number of carbonyl (C=O) groups excluding carboxylic acids is 1. The standard InChI is InChI=1S/C20H24N2O3.ClH/c1-2-24-17-7-9-19(10-8-17)25-18-5-3-16(4-6-18)22-20(23)15-11-13-21-14-12-15;/h3-10,15,21H,2,11-14H2,1H3,(H,22,23);1H. The van der Waals surface area contributed by atoms with E-state index in [0.717, 1.165) is 48.9 Å². The summed E-state index contributed by atoms with van der Waals surface area (Å²) >= 11 is 0. The number of anilines is 1. The van der Waals surface area contributed by atoms with Gasteiger partial charge in [-0.1, -0.05) is 0 Å². The van der Waals surface area contributed by atoms with E-state index in [-0.39, 0.29) is 24.2 Å². The number of amides is 1. The Hall–Kier alpha value is -2.24. The first kappa shape index (κ1) is 20.1. The fraction of sp³-hybridized carbons (Fsp3) is 0.350. The van der Waals surface area contributed by atoms with Crippen LogP contribution in [0.3, 0.4) is 0 Å². The highest BCUT2D eigenvalue weighted by Crippen LogP contribution is 2.25. The van der Waals surface area contributed by atoms with Crippen molar-refractivity contribution in [1.29, 1.82) is 0 Å². The Balaban J connectivity index is 0.00000243. The van der Waals surface area contributed by atoms with Crippen LogP contribution in [0, 0.1) is 5.92 Å². The maximum absolute atomic E-state index is 12.2. The molecule has 0 saturated carbocycles. The maximum Gasteiger partial charge on any atom is 0.227 e. The predicted octanol–water partition coefficient (Wildman–Crippen LogP) is 4.24. The molecule has 1 fully saturated rings. The lowest BCUT2D eigenvalue weighted by molar-refractivity contribution is -0.120. The summed E-state index contributed by atoms with van der Waals surface area (Å²) < 4.78 is 11.2. The van der Waals surface area contributed by atoms with Gasteiger partial charge < -0.3 is 20.1 Å². The van der Waals surface area contributed by atoms with Crippen LogP contribution in [-0.2, 0) is 4.79 Å². The maximum atomic E-state index is 12.2. The first-order valence-corrected chi connectivity index (χ1v) is 8.77. The summed E-state index contributed by atoms with van der Waals surface area (Å²) in [4.78, 5) is 12.2. The smallest absolute Gasteiger partial charge is 0.227 e. The van der Waals surface area contributed by atoms with E-state index in [1.54, 1.807) is 0 Å². The minimum Gasteiger partial charge on any atom is -0.494 e. The molecule has 26 heavy (non-hydrogen) atoms. The number of nitrogens with one attached hydrogen (secondary N) is 2. The van der Waals surface area contributed by atoms with Crippen LogP contribution < -0.4 is 20.1 Å². The van der Waals surface area contributed by atoms with Crippen LogP contribution in [-0.4, -0.2) is 25.6 Å². The van der Waals surface area contributed by atoms with Gasteiger partial charge in [0.05, 0.1) is 6.61 Å². The summed E-state index contributed by atoms with van der Waals surface area (Å²) in [5.41, 5.74) is 0.794. The molecule has 2 N–H and O–H groups in total. The highest BCUT2D eigenvalue weighted by molar-refractivity contribution is 5.92. The molecule has 0 aliphatic carbocycles. The fourth-order valence-corrected chi connectivity index (χ4v) is 2.84. The van der Waals surface area contributed by atoms with Crippen LogP contribution in [0.25, 0.3) is 0 Å². The van der Waals surface area contributed by atoms with E-state index in [1.165, 1.54) is 0 Å². The van der Waals surface area contributed by atoms with Gasteiger partial charge in [-0.2, -0.15) is 0 Å². The molecule has 140 valence electrons. The van der Waals surface area contributed by atoms with Gasteiger partial charge in [-0.15, -0.1) is 12.4 Å². The van der Waals surface area contributed by atoms with Gasteiger partial charge in [-0.05, 0) is 81.4 Å². The van der Waals surface area contributed by atoms with Crippen LogP contribution >= 0.6 is 12.4 Å². The van der Waals surface area contributed by atoms with Crippen molar-refractivity contribution < 1.29 is 14.3 Å². The summed E-state index contributed by atoms with van der Waals surface area (Å²) in [6.45, 7) is 4.42. The number of hydrogen-bond donors (Lipinski definition) is 2. The molecule has 0 aromatic heterocycles. The molecule has 0 unspecified atom stereocenters. The monoisotopic (exact) mass is 376 g/mol. The fourth-order valence-electron chi connectivity index (χ4n) is 2.84. The van der Waals surface area contributed by atoms with Gasteiger partial charge in [0.1, 0.15) is 17.2 Å². The molecule has 1 amide bonds. The Morgan fingerprint density at radius 2 is 1.54 bits per heavy atom. The normalized spacial score (nSPS) is 14.2. The minimum absolute atomic E-state index is 0. The molecule has 2 aromatic rings. The SMILES string of the molecule is CCOc1ccc(Oc2ccc(NC(=O)C3CCNCC3)cc2)cc1.Cl. The van der Waals surface area contributed by atoms with Crippen molar-refractivity contribution in [2.75, 3.05) is 25.0 Å². The van der Waals surface area contributed by atoms with Crippen LogP contribution in [0.2, 0.25) is 0 Å². The Morgan fingerprint density at radius 1 is 1.00 bits per heavy atom. The number of hydrogen-bond acceptors (Lipinski definition) is 4. The molecule has 0 atom stereocenters. The van der Waals surface area contributed by atoms with Gasteiger partial charge in [0.2, 0.25) is 5.91 Å². The van der Waals surface area contributed by atoms with Crippen molar-refractivity contribution in [2.45, 2.75) is 19.8 Å². The van der Waals surface area contributed by atoms with Crippen molar-refractivity contribution in [3.05, 3.63) is 48.5 Å². The second-order valence-corrected chi connectivity index (χ2v) is 6.04. The first-order valence-electron chi connectivity index (χ1n) is 8.77. The van der Waals surface area contributed by atoms with E-state index >= 15 is 0 Å². The molecule has 0 spiro atoms. The van der Waals surface area contributed by atoms with Crippen LogP contribution in [0.1, 0.15) is 19.8 Å². The van der Waals surface area contributed by atoms with Gasteiger partial charge in [-0.3, -0.25) is 4.79 Å². The van der Waals surface area contributed by atoms with Crippen LogP contribution in [0.5, 0.6) is 17.2 Å². The molecule has 0 bridgehead atoms. The Morgan fingerprint density at radius 3 is 2.12 bits per heavy atom. The molecule has 1 saturated heterocycles. The van der Waals surface area contributed by atoms with E-state index in [2.05, 4.69) is 10.6 Å². The van der Waals surface area contributed by atoms with E-state index in [0.29, 0.717) is 6.61 Å². The highest BCUT2D eigenvalue weighted by atomic mass is 35.5. The third kappa shape index (κ3) is 5.64. The molecule has 3 rings (SSSR count). The topological polar surface area (TPSA) is 59.6 Å². The Bertz CT molecular complexity index is 683. The van der Waals surface area contributed by atoms with Crippen molar-refractivity contribution in [3.63, 3.8) is 0 Å². The van der Waals surface area contributed by atoms with Crippen molar-refractivity contribution in [2.24, 2.45) is 5.92 Å². The summed E-state index contributed by atoms with van der Waals surface area (Å²) in [6.07, 6.45) is 1.79. The molecule has 6 heteroatoms. The summed E-state index contributed by atoms with van der Waals surface area (Å²) in [6, 6.07) is 14.9. The number of piperidine rings is 1. The minimum atomic E-state index is 0. The first-order chi connectivity index (χ1) is 12.2. The van der Waals surface area contributed by atoms with Crippen LogP contribution in [0.15, 0.2) is 48.5 Å². The zero-order valence-electron chi connectivity index (χ0n) is 14.9. The molecule has 1 aliphatic heterocycles. The quantitative estimate of drug-likeness (QED) is 0.791. The second-order valence-electron chi connectivity index (χ2n) is 6.04. The van der Waals surface area contributed by atoms with Gasteiger partial charge in [0.25, 0.3) is 0 Å². The number of rotatable bonds is 6. The molecule has 1 aliphatic rings. The second kappa shape index (κ2) is 10.0. The number of carbonyl (C=O) groups is 1. The van der Waals surface area contributed by atoms with Gasteiger partial charge in [0, 0.05) is 11.6 Å². The lowest BCUT2D eigenvalue weighted by Gasteiger charge is -2.21. The molecule has 0 radical (unpaired) electrons. The number of benzene rings is 2. The van der Waals surface area contributed by atoms with Crippen LogP contribution in [0.4, 0.5) is 5.69 Å². The zero-order valence-corrected chi connectivity index (χ0v) is 15.7. The summed E-state index contributed by atoms with van der Waals surface area (Å²) in [5.74, 6) is 2.49. The van der Waals surface area contributed by atoms with E-state index in [4.69, 9.17) is 9.47 Å². The zero-order chi connectivity index (χ0) is 17.5. The molecular formula is C20H25ClN2O3. The van der Waals surface area contributed by atoms with Gasteiger partial charge in [-0.25, -0.2) is 0 Å². The van der Waals surface area contributed by atoms with E-state index < -0.39 is 0 Å². The summed E-state index contributed by atoms with van der Waals surface area (Å²) in [7, 11) is 0. The average molecular weight is 377 g/mol. The van der Waals surface area contributed by atoms with Crippen molar-refractivity contribution >= 4 is 24.0 Å². The van der Waals surface area contributed by atoms with E-state index in [1.807, 2.05) is 55.5 Å². The largest absolute Gasteiger partial charge is 0.494 e. The highest BCUT2D eigenvalue weighted by Gasteiger charge is 2.20. The average Bonchev–Trinajstić information content (AvgIpc) is 2.66. The molecular weight excluding hydrogens is 352 g/mol. The number of halogens is 1. The molecule has 2 aromatic carbocycles. The van der Waals surface area contributed by atoms with Gasteiger partial charge in [0.15, 0.2) is 0 Å². The van der Waals surface area contributed by atoms with E-state index in [9.17, 15) is 4.79 Å². The molecule has 5 nitrogen and oxygen atoms in total. The lowest BCUT2D eigenvalue weighted by atomic mass is 9.97. The number of ether oxygens (including phenoxy) is 2. The summed E-state index contributed by atoms with van der Waals surface area (Å²) in [5, 5.41) is 6.26. The Kier molecular flexibility index (Phi) is 7.75. The molecule has 1 heterocycles. The predicted molar refractivity (Wildman–Crippen MR) is 106 cm³/mol. The lowest BCUT2D eigenvalue weighted by Crippen LogP contribution is -2.34. The Labute approximate surface area is 160 Å². The third-order valence-corrected chi connectivity index (χ3v) is 4.20. The van der Waals surface area contributed by atoms with Crippen molar-refractivity contribution in [3.8, 4) is 17.2 Å².